The molecule has 0 aliphatic rings. The second-order valence-electron chi connectivity index (χ2n) is 7.24. The Kier molecular flexibility index (Phi) is 12.3. The lowest BCUT2D eigenvalue weighted by Crippen LogP contribution is -2.36. The van der Waals surface area contributed by atoms with Crippen LogP contribution in [-0.4, -0.2) is 12.1 Å². The summed E-state index contributed by atoms with van der Waals surface area (Å²) in [5.41, 5.74) is 1.83. The molecule has 0 saturated heterocycles. The monoisotopic (exact) mass is 281 g/mol. The number of unbranched alkanes of at least 4 members (excludes halogenated alkanes) is 7. The molecule has 0 aromatic heterocycles. The van der Waals surface area contributed by atoms with Gasteiger partial charge in [-0.1, -0.05) is 63.5 Å². The molecule has 0 radical (unpaired) electrons. The van der Waals surface area contributed by atoms with E-state index < -0.39 is 0 Å². The van der Waals surface area contributed by atoms with E-state index >= 15 is 0 Å². The van der Waals surface area contributed by atoms with Crippen molar-refractivity contribution < 1.29 is 0 Å². The fraction of sp³-hybridized carbons (Fsp3) is 0.895. The molecule has 0 atom stereocenters. The van der Waals surface area contributed by atoms with Gasteiger partial charge < -0.3 is 5.32 Å². The van der Waals surface area contributed by atoms with E-state index in [0.29, 0.717) is 0 Å². The summed E-state index contributed by atoms with van der Waals surface area (Å²) in [6.45, 7) is 12.3. The predicted octanol–water partition coefficient (Wildman–Crippen LogP) is 6.24. The number of nitrogens with one attached hydrogen (secondary N) is 1. The molecule has 1 nitrogen and oxygen atoms in total. The van der Waals surface area contributed by atoms with Gasteiger partial charge in [0.1, 0.15) is 0 Å². The number of hydrogen-bond donors (Lipinski definition) is 1. The molecule has 0 heterocycles. The van der Waals surface area contributed by atoms with Crippen LogP contribution in [0.2, 0.25) is 0 Å². The second kappa shape index (κ2) is 12.4. The fourth-order valence-electron chi connectivity index (χ4n) is 2.41. The van der Waals surface area contributed by atoms with E-state index in [4.69, 9.17) is 0 Å². The van der Waals surface area contributed by atoms with Crippen LogP contribution in [0, 0.1) is 0 Å². The summed E-state index contributed by atoms with van der Waals surface area (Å²) < 4.78 is 0. The lowest BCUT2D eigenvalue weighted by molar-refractivity contribution is 0.431. The molecule has 0 aromatic rings. The molecule has 0 rings (SSSR count). The zero-order valence-electron chi connectivity index (χ0n) is 14.9. The van der Waals surface area contributed by atoms with Gasteiger partial charge in [0.15, 0.2) is 0 Å². The minimum Gasteiger partial charge on any atom is -0.312 e. The van der Waals surface area contributed by atoms with Gasteiger partial charge in [0, 0.05) is 5.54 Å². The molecule has 20 heavy (non-hydrogen) atoms. The van der Waals surface area contributed by atoms with Gasteiger partial charge in [-0.3, -0.25) is 0 Å². The Bertz CT molecular complexity index is 235. The Labute approximate surface area is 128 Å². The van der Waals surface area contributed by atoms with Crippen molar-refractivity contribution in [2.24, 2.45) is 0 Å². The van der Waals surface area contributed by atoms with Gasteiger partial charge in [0.2, 0.25) is 0 Å². The Balaban J connectivity index is 3.37. The predicted molar refractivity (Wildman–Crippen MR) is 93.4 cm³/mol. The summed E-state index contributed by atoms with van der Waals surface area (Å²) in [6, 6.07) is 0. The highest BCUT2D eigenvalue weighted by Gasteiger charge is 2.06. The molecule has 0 unspecified atom stereocenters. The van der Waals surface area contributed by atoms with Crippen molar-refractivity contribution in [1.82, 2.24) is 5.32 Å². The van der Waals surface area contributed by atoms with Crippen LogP contribution in [0.1, 0.15) is 98.8 Å². The molecule has 120 valence electrons. The lowest BCUT2D eigenvalue weighted by atomic mass is 10.0. The molecule has 0 fully saturated rings. The summed E-state index contributed by atoms with van der Waals surface area (Å²) in [5, 5.41) is 3.53. The van der Waals surface area contributed by atoms with E-state index in [-0.39, 0.29) is 5.54 Å². The van der Waals surface area contributed by atoms with Crippen LogP contribution < -0.4 is 5.32 Å². The molecular formula is C19H39N. The average Bonchev–Trinajstić information content (AvgIpc) is 2.37. The van der Waals surface area contributed by atoms with E-state index in [2.05, 4.69) is 46.0 Å². The zero-order valence-corrected chi connectivity index (χ0v) is 14.9. The van der Waals surface area contributed by atoms with Crippen LogP contribution >= 0.6 is 0 Å². The van der Waals surface area contributed by atoms with Crippen LogP contribution in [0.4, 0.5) is 0 Å². The lowest BCUT2D eigenvalue weighted by Gasteiger charge is -2.19. The number of hydrogen-bond acceptors (Lipinski definition) is 1. The maximum absolute atomic E-state index is 3.53. The number of rotatable bonds is 12. The van der Waals surface area contributed by atoms with Gasteiger partial charge in [-0.2, -0.15) is 0 Å². The molecule has 0 saturated carbocycles. The van der Waals surface area contributed by atoms with Crippen molar-refractivity contribution >= 4 is 0 Å². The first-order chi connectivity index (χ1) is 9.45. The first kappa shape index (κ1) is 19.7. The fourth-order valence-corrected chi connectivity index (χ4v) is 2.41. The van der Waals surface area contributed by atoms with Crippen molar-refractivity contribution in [1.29, 1.82) is 0 Å². The minimum absolute atomic E-state index is 0.250. The summed E-state index contributed by atoms with van der Waals surface area (Å²) in [7, 11) is 0. The second-order valence-corrected chi connectivity index (χ2v) is 7.24. The van der Waals surface area contributed by atoms with Crippen molar-refractivity contribution in [2.45, 2.75) is 104 Å². The Morgan fingerprint density at radius 1 is 0.900 bits per heavy atom. The smallest absolute Gasteiger partial charge is 0.00966 e. The van der Waals surface area contributed by atoms with Gasteiger partial charge in [0.05, 0.1) is 0 Å². The third-order valence-corrected chi connectivity index (χ3v) is 3.72. The third kappa shape index (κ3) is 15.8. The van der Waals surface area contributed by atoms with E-state index in [1.54, 1.807) is 5.57 Å². The Morgan fingerprint density at radius 3 is 2.00 bits per heavy atom. The van der Waals surface area contributed by atoms with Gasteiger partial charge >= 0.3 is 0 Å². The van der Waals surface area contributed by atoms with Crippen molar-refractivity contribution in [2.75, 3.05) is 6.54 Å². The summed E-state index contributed by atoms with van der Waals surface area (Å²) >= 11 is 0. The largest absolute Gasteiger partial charge is 0.312 e. The SMILES string of the molecule is CCCCCCCCCCC(C)=CCCNC(C)(C)C. The molecule has 0 amide bonds. The first-order valence-corrected chi connectivity index (χ1v) is 8.86. The molecular weight excluding hydrogens is 242 g/mol. The summed E-state index contributed by atoms with van der Waals surface area (Å²) in [6.07, 6.45) is 16.2. The van der Waals surface area contributed by atoms with Crippen molar-refractivity contribution in [3.8, 4) is 0 Å². The van der Waals surface area contributed by atoms with Crippen LogP contribution in [0.15, 0.2) is 11.6 Å². The average molecular weight is 282 g/mol. The highest BCUT2D eigenvalue weighted by Crippen LogP contribution is 2.13. The normalized spacial score (nSPS) is 12.9. The van der Waals surface area contributed by atoms with E-state index in [0.717, 1.165) is 6.54 Å². The minimum atomic E-state index is 0.250. The molecule has 0 spiro atoms. The van der Waals surface area contributed by atoms with Crippen molar-refractivity contribution in [3.63, 3.8) is 0 Å². The highest BCUT2D eigenvalue weighted by molar-refractivity contribution is 4.98. The molecule has 0 bridgehead atoms. The molecule has 1 N–H and O–H groups in total. The van der Waals surface area contributed by atoms with Crippen LogP contribution in [0.5, 0.6) is 0 Å². The van der Waals surface area contributed by atoms with Gasteiger partial charge in [-0.15, -0.1) is 0 Å². The maximum Gasteiger partial charge on any atom is 0.00966 e. The van der Waals surface area contributed by atoms with Crippen LogP contribution in [-0.2, 0) is 0 Å². The highest BCUT2D eigenvalue weighted by atomic mass is 14.9. The third-order valence-electron chi connectivity index (χ3n) is 3.72. The summed E-state index contributed by atoms with van der Waals surface area (Å²) in [4.78, 5) is 0. The molecule has 0 aromatic carbocycles. The van der Waals surface area contributed by atoms with E-state index in [1.807, 2.05) is 0 Å². The van der Waals surface area contributed by atoms with Gasteiger partial charge in [-0.25, -0.2) is 0 Å². The Hall–Kier alpha value is -0.300. The van der Waals surface area contributed by atoms with Crippen LogP contribution in [0.3, 0.4) is 0 Å². The standard InChI is InChI=1S/C19H39N/c1-6-7-8-9-10-11-12-13-15-18(2)16-14-17-20-19(3,4)5/h16,20H,6-15,17H2,1-5H3. The molecule has 0 aliphatic heterocycles. The van der Waals surface area contributed by atoms with Gasteiger partial charge in [-0.05, 0) is 53.5 Å². The van der Waals surface area contributed by atoms with E-state index in [1.165, 1.54) is 64.2 Å². The number of allylic oxidation sites excluding steroid dienone is 1. The molecule has 0 aliphatic carbocycles. The Morgan fingerprint density at radius 2 is 1.45 bits per heavy atom. The van der Waals surface area contributed by atoms with E-state index in [9.17, 15) is 0 Å². The van der Waals surface area contributed by atoms with Gasteiger partial charge in [0.25, 0.3) is 0 Å². The van der Waals surface area contributed by atoms with Crippen molar-refractivity contribution in [3.05, 3.63) is 11.6 Å². The topological polar surface area (TPSA) is 12.0 Å². The molecule has 1 heteroatoms. The maximum atomic E-state index is 3.53. The summed E-state index contributed by atoms with van der Waals surface area (Å²) in [5.74, 6) is 0. The zero-order chi connectivity index (χ0) is 15.3. The quantitative estimate of drug-likeness (QED) is 0.330. The van der Waals surface area contributed by atoms with Crippen LogP contribution in [0.25, 0.3) is 0 Å². The first-order valence-electron chi connectivity index (χ1n) is 8.86.